The molecule has 0 heterocycles. The van der Waals surface area contributed by atoms with Gasteiger partial charge in [0.25, 0.3) is 0 Å². The molecular weight excluding hydrogens is 494 g/mol. The van der Waals surface area contributed by atoms with E-state index in [1.165, 1.54) is 5.57 Å². The number of alkyl halides is 2. The maximum atomic E-state index is 15.2. The number of ketones is 1. The van der Waals surface area contributed by atoms with E-state index in [2.05, 4.69) is 0 Å². The van der Waals surface area contributed by atoms with Gasteiger partial charge in [0, 0.05) is 17.8 Å². The van der Waals surface area contributed by atoms with Crippen molar-refractivity contribution in [1.82, 2.24) is 0 Å². The van der Waals surface area contributed by atoms with Crippen LogP contribution >= 0.6 is 0 Å². The summed E-state index contributed by atoms with van der Waals surface area (Å²) >= 11 is 0. The zero-order valence-corrected chi connectivity index (χ0v) is 21.8. The number of terminal acetylenes is 1. The lowest BCUT2D eigenvalue weighted by Crippen LogP contribution is -2.60. The number of rotatable bonds is 4. The summed E-state index contributed by atoms with van der Waals surface area (Å²) in [6.07, 6.45) is 11.6. The Morgan fingerprint density at radius 2 is 1.78 bits per heavy atom. The Labute approximate surface area is 217 Å². The molecule has 6 rings (SSSR count). The van der Waals surface area contributed by atoms with Crippen LogP contribution in [0, 0.1) is 29.6 Å². The van der Waals surface area contributed by atoms with Crippen molar-refractivity contribution in [1.29, 1.82) is 0 Å². The smallest absolute Gasteiger partial charge is 0.336 e. The second kappa shape index (κ2) is 8.10. The SMILES string of the molecule is C#CC(F)(F)[C@]1(O)CCC2C3CCC4=CC(=O)CCC4=C3C(c3ccc(S(=O)(=O)C4CC4)cc3)C[C@@]21C. The van der Waals surface area contributed by atoms with E-state index in [9.17, 15) is 18.3 Å². The standard InChI is InChI=1S/C30H32F2O4S/c1-3-30(31,32)29(34)15-14-26-24-12-6-19-16-20(33)7-13-23(19)27(24)25(17-28(26,29)2)18-4-8-21(9-5-18)37(35,36)22-10-11-22/h1,4-5,8-9,16,22,24-26,34H,6-7,10-15,17H2,2H3/t24?,25?,26?,28-,29-/m0/s1. The largest absolute Gasteiger partial charge is 0.382 e. The highest BCUT2D eigenvalue weighted by Gasteiger charge is 2.71. The van der Waals surface area contributed by atoms with Gasteiger partial charge in [0.15, 0.2) is 15.6 Å². The fourth-order valence-electron chi connectivity index (χ4n) is 8.06. The van der Waals surface area contributed by atoms with Crippen molar-refractivity contribution >= 4 is 15.6 Å². The summed E-state index contributed by atoms with van der Waals surface area (Å²) in [7, 11) is -3.35. The molecule has 0 saturated heterocycles. The minimum absolute atomic E-state index is 0.00146. The third-order valence-electron chi connectivity index (χ3n) is 10.2. The second-order valence-electron chi connectivity index (χ2n) is 11.9. The molecule has 5 aliphatic carbocycles. The van der Waals surface area contributed by atoms with Crippen LogP contribution in [0.1, 0.15) is 76.2 Å². The number of allylic oxidation sites excluding steroid dienone is 4. The maximum absolute atomic E-state index is 15.2. The number of fused-ring (bicyclic) bond motifs is 4. The van der Waals surface area contributed by atoms with Gasteiger partial charge in [-0.05, 0) is 104 Å². The first-order valence-electron chi connectivity index (χ1n) is 13.3. The van der Waals surface area contributed by atoms with Gasteiger partial charge < -0.3 is 5.11 Å². The molecule has 0 aliphatic heterocycles. The molecule has 3 saturated carbocycles. The lowest BCUT2D eigenvalue weighted by atomic mass is 9.50. The van der Waals surface area contributed by atoms with Gasteiger partial charge in [-0.15, -0.1) is 6.42 Å². The molecule has 0 bridgehead atoms. The van der Waals surface area contributed by atoms with Gasteiger partial charge >= 0.3 is 5.92 Å². The Balaban J connectivity index is 1.49. The van der Waals surface area contributed by atoms with Gasteiger partial charge in [-0.25, -0.2) is 8.42 Å². The molecule has 0 amide bonds. The molecule has 4 nitrogen and oxygen atoms in total. The van der Waals surface area contributed by atoms with Crippen LogP contribution in [-0.4, -0.2) is 36.1 Å². The third kappa shape index (κ3) is 3.48. The minimum Gasteiger partial charge on any atom is -0.382 e. The van der Waals surface area contributed by atoms with E-state index in [0.717, 1.165) is 29.6 Å². The van der Waals surface area contributed by atoms with Crippen molar-refractivity contribution in [2.45, 2.75) is 92.3 Å². The Kier molecular flexibility index (Phi) is 5.47. The zero-order chi connectivity index (χ0) is 26.4. The molecule has 1 aromatic rings. The van der Waals surface area contributed by atoms with Crippen molar-refractivity contribution in [3.63, 3.8) is 0 Å². The van der Waals surface area contributed by atoms with E-state index in [1.54, 1.807) is 31.1 Å². The fraction of sp³-hybridized carbons (Fsp3) is 0.567. The highest BCUT2D eigenvalue weighted by atomic mass is 32.2. The summed E-state index contributed by atoms with van der Waals surface area (Å²) in [6.45, 7) is 1.77. The van der Waals surface area contributed by atoms with Gasteiger partial charge in [0.1, 0.15) is 5.60 Å². The Bertz CT molecular complexity index is 1380. The van der Waals surface area contributed by atoms with E-state index < -0.39 is 26.8 Å². The van der Waals surface area contributed by atoms with E-state index in [1.807, 2.05) is 12.1 Å². The molecule has 1 N–H and O–H groups in total. The van der Waals surface area contributed by atoms with Crippen molar-refractivity contribution < 1.29 is 27.1 Å². The summed E-state index contributed by atoms with van der Waals surface area (Å²) in [5.74, 6) is -2.37. The topological polar surface area (TPSA) is 71.4 Å². The molecule has 3 fully saturated rings. The first-order valence-corrected chi connectivity index (χ1v) is 14.9. The fourth-order valence-corrected chi connectivity index (χ4v) is 9.72. The lowest BCUT2D eigenvalue weighted by molar-refractivity contribution is -0.209. The number of carbonyl (C=O) groups excluding carboxylic acids is 1. The molecule has 0 aromatic heterocycles. The highest BCUT2D eigenvalue weighted by molar-refractivity contribution is 7.92. The van der Waals surface area contributed by atoms with Crippen molar-refractivity contribution in [3.8, 4) is 12.3 Å². The van der Waals surface area contributed by atoms with Crippen molar-refractivity contribution in [3.05, 3.63) is 52.6 Å². The second-order valence-corrected chi connectivity index (χ2v) is 14.2. The number of hydrogen-bond donors (Lipinski definition) is 1. The van der Waals surface area contributed by atoms with Crippen LogP contribution in [0.5, 0.6) is 0 Å². The van der Waals surface area contributed by atoms with Crippen LogP contribution in [0.15, 0.2) is 52.0 Å². The predicted octanol–water partition coefficient (Wildman–Crippen LogP) is 5.52. The van der Waals surface area contributed by atoms with E-state index in [-0.39, 0.29) is 46.5 Å². The molecule has 5 atom stereocenters. The van der Waals surface area contributed by atoms with Gasteiger partial charge in [0.05, 0.1) is 10.1 Å². The van der Waals surface area contributed by atoms with E-state index in [0.29, 0.717) is 32.1 Å². The summed E-state index contributed by atoms with van der Waals surface area (Å²) in [4.78, 5) is 12.5. The van der Waals surface area contributed by atoms with Gasteiger partial charge in [-0.1, -0.05) is 24.6 Å². The van der Waals surface area contributed by atoms with Crippen molar-refractivity contribution in [2.24, 2.45) is 17.3 Å². The van der Waals surface area contributed by atoms with E-state index >= 15 is 8.78 Å². The van der Waals surface area contributed by atoms with Crippen LogP contribution in [-0.2, 0) is 14.6 Å². The number of benzene rings is 1. The Morgan fingerprint density at radius 3 is 2.43 bits per heavy atom. The van der Waals surface area contributed by atoms with Crippen molar-refractivity contribution in [2.75, 3.05) is 0 Å². The summed E-state index contributed by atoms with van der Waals surface area (Å²) in [5.41, 5.74) is 0.828. The number of hydrogen-bond acceptors (Lipinski definition) is 4. The molecule has 5 aliphatic rings. The third-order valence-corrected chi connectivity index (χ3v) is 12.4. The minimum atomic E-state index is -3.66. The van der Waals surface area contributed by atoms with Gasteiger partial charge in [-0.2, -0.15) is 8.78 Å². The quantitative estimate of drug-likeness (QED) is 0.525. The number of halogens is 2. The van der Waals surface area contributed by atoms with Gasteiger partial charge in [-0.3, -0.25) is 4.79 Å². The average Bonchev–Trinajstić information content (AvgIpc) is 3.69. The molecule has 0 spiro atoms. The number of sulfone groups is 1. The van der Waals surface area contributed by atoms with Crippen LogP contribution in [0.4, 0.5) is 8.78 Å². The van der Waals surface area contributed by atoms with Crippen LogP contribution in [0.2, 0.25) is 0 Å². The summed E-state index contributed by atoms with van der Waals surface area (Å²) < 4.78 is 55.9. The van der Waals surface area contributed by atoms with Gasteiger partial charge in [0.2, 0.25) is 0 Å². The highest BCUT2D eigenvalue weighted by Crippen LogP contribution is 2.69. The average molecular weight is 527 g/mol. The maximum Gasteiger partial charge on any atom is 0.336 e. The molecule has 196 valence electrons. The molecule has 1 aromatic carbocycles. The Hall–Kier alpha value is -2.30. The zero-order valence-electron chi connectivity index (χ0n) is 21.0. The van der Waals surface area contributed by atoms with Crippen LogP contribution in [0.25, 0.3) is 0 Å². The van der Waals surface area contributed by atoms with E-state index in [4.69, 9.17) is 6.42 Å². The molecule has 0 radical (unpaired) electrons. The Morgan fingerprint density at radius 1 is 1.08 bits per heavy atom. The lowest BCUT2D eigenvalue weighted by Gasteiger charge is -2.55. The predicted molar refractivity (Wildman–Crippen MR) is 136 cm³/mol. The molecular formula is C30H32F2O4S. The summed E-state index contributed by atoms with van der Waals surface area (Å²) in [5, 5.41) is 11.3. The molecule has 37 heavy (non-hydrogen) atoms. The van der Waals surface area contributed by atoms with Crippen LogP contribution < -0.4 is 0 Å². The first-order chi connectivity index (χ1) is 17.4. The molecule has 3 unspecified atom stereocenters. The van der Waals surface area contributed by atoms with Crippen LogP contribution in [0.3, 0.4) is 0 Å². The summed E-state index contributed by atoms with van der Waals surface area (Å²) in [6, 6.07) is 6.90. The normalized spacial score (nSPS) is 35.8. The number of aliphatic hydroxyl groups is 1. The number of carbonyl (C=O) groups is 1. The monoisotopic (exact) mass is 526 g/mol. The first kappa shape index (κ1) is 25.0. The molecule has 7 heteroatoms.